The normalized spacial score (nSPS) is 11.5. The molecule has 1 aromatic heterocycles. The number of amides is 1. The van der Waals surface area contributed by atoms with E-state index in [-0.39, 0.29) is 11.6 Å². The molecule has 5 nitrogen and oxygen atoms in total. The second-order valence-electron chi connectivity index (χ2n) is 5.75. The summed E-state index contributed by atoms with van der Waals surface area (Å²) in [5.74, 6) is -0.477. The van der Waals surface area contributed by atoms with Crippen LogP contribution in [0.5, 0.6) is 5.88 Å². The molecule has 3 rings (SSSR count). The number of aromatic nitrogens is 1. The lowest BCUT2D eigenvalue weighted by molar-refractivity contribution is 0.0995. The summed E-state index contributed by atoms with van der Waals surface area (Å²) in [6, 6.07) is 11.0. The van der Waals surface area contributed by atoms with Gasteiger partial charge in [0.15, 0.2) is 5.69 Å². The van der Waals surface area contributed by atoms with Crippen LogP contribution in [0.4, 0.5) is 5.69 Å². The highest BCUT2D eigenvalue weighted by atomic mass is 79.9. The van der Waals surface area contributed by atoms with Crippen LogP contribution in [0.3, 0.4) is 0 Å². The number of fused-ring (bicyclic) bond motifs is 1. The number of halogens is 1. The van der Waals surface area contributed by atoms with Crippen molar-refractivity contribution in [3.05, 3.63) is 57.6 Å². The Balaban J connectivity index is 2.05. The summed E-state index contributed by atoms with van der Waals surface area (Å²) in [5, 5.41) is 18.9. The van der Waals surface area contributed by atoms with Crippen molar-refractivity contribution >= 4 is 38.4 Å². The highest BCUT2D eigenvalue weighted by Crippen LogP contribution is 2.41. The summed E-state index contributed by atoms with van der Waals surface area (Å²) in [6.07, 6.45) is 0. The largest absolute Gasteiger partial charge is 0.493 e. The molecule has 24 heavy (non-hydrogen) atoms. The number of nitrogens with zero attached hydrogens (tertiary/aromatic N) is 3. The van der Waals surface area contributed by atoms with Gasteiger partial charge < -0.3 is 9.67 Å². The van der Waals surface area contributed by atoms with E-state index in [4.69, 9.17) is 0 Å². The number of aryl methyl sites for hydroxylation is 3. The molecule has 1 heterocycles. The van der Waals surface area contributed by atoms with Gasteiger partial charge in [0.05, 0.1) is 5.52 Å². The van der Waals surface area contributed by atoms with Crippen molar-refractivity contribution in [2.45, 2.75) is 13.8 Å². The summed E-state index contributed by atoms with van der Waals surface area (Å²) in [7, 11) is 1.73. The van der Waals surface area contributed by atoms with Gasteiger partial charge in [-0.2, -0.15) is 0 Å². The van der Waals surface area contributed by atoms with Crippen molar-refractivity contribution in [2.75, 3.05) is 0 Å². The molecule has 0 bridgehead atoms. The van der Waals surface area contributed by atoms with Gasteiger partial charge in [-0.3, -0.25) is 4.79 Å². The summed E-state index contributed by atoms with van der Waals surface area (Å²) in [4.78, 5) is 12.2. The number of hydrogen-bond donors (Lipinski definition) is 1. The molecular weight excluding hydrogens is 370 g/mol. The van der Waals surface area contributed by atoms with Crippen LogP contribution in [0.1, 0.15) is 21.5 Å². The number of carbonyl (C=O) groups is 1. The van der Waals surface area contributed by atoms with Crippen LogP contribution in [0.2, 0.25) is 0 Å². The Bertz CT molecular complexity index is 972. The first-order valence-corrected chi connectivity index (χ1v) is 8.18. The Morgan fingerprint density at radius 1 is 1.12 bits per heavy atom. The molecule has 6 heteroatoms. The van der Waals surface area contributed by atoms with Gasteiger partial charge in [0.25, 0.3) is 5.91 Å². The summed E-state index contributed by atoms with van der Waals surface area (Å²) >= 11 is 3.50. The Kier molecular flexibility index (Phi) is 4.24. The number of hydrogen-bond acceptors (Lipinski definition) is 3. The van der Waals surface area contributed by atoms with E-state index in [9.17, 15) is 9.90 Å². The summed E-state index contributed by atoms with van der Waals surface area (Å²) in [6.45, 7) is 3.90. The van der Waals surface area contributed by atoms with Gasteiger partial charge in [-0.25, -0.2) is 0 Å². The predicted octanol–water partition coefficient (Wildman–Crippen LogP) is 5.19. The first-order chi connectivity index (χ1) is 11.4. The summed E-state index contributed by atoms with van der Waals surface area (Å²) in [5.41, 5.74) is 3.63. The van der Waals surface area contributed by atoms with Crippen LogP contribution in [0, 0.1) is 13.8 Å². The Labute approximate surface area is 147 Å². The minimum absolute atomic E-state index is 0.0308. The van der Waals surface area contributed by atoms with E-state index in [2.05, 4.69) is 26.2 Å². The van der Waals surface area contributed by atoms with Gasteiger partial charge in [-0.05, 0) is 59.6 Å². The van der Waals surface area contributed by atoms with E-state index >= 15 is 0 Å². The van der Waals surface area contributed by atoms with Crippen molar-refractivity contribution in [3.63, 3.8) is 0 Å². The second kappa shape index (κ2) is 6.20. The van der Waals surface area contributed by atoms with Crippen LogP contribution in [0.15, 0.2) is 51.1 Å². The molecule has 1 amide bonds. The minimum Gasteiger partial charge on any atom is -0.493 e. The molecule has 2 aromatic carbocycles. The smallest absolute Gasteiger partial charge is 0.295 e. The molecule has 0 aliphatic heterocycles. The summed E-state index contributed by atoms with van der Waals surface area (Å²) < 4.78 is 2.46. The molecule has 0 saturated carbocycles. The van der Waals surface area contributed by atoms with Gasteiger partial charge in [0.1, 0.15) is 0 Å². The molecule has 0 aliphatic carbocycles. The van der Waals surface area contributed by atoms with Gasteiger partial charge in [0.2, 0.25) is 5.88 Å². The lowest BCUT2D eigenvalue weighted by Gasteiger charge is -2.01. The third kappa shape index (κ3) is 2.85. The quantitative estimate of drug-likeness (QED) is 0.616. The zero-order valence-electron chi connectivity index (χ0n) is 13.5. The molecule has 0 unspecified atom stereocenters. The van der Waals surface area contributed by atoms with Crippen molar-refractivity contribution in [1.29, 1.82) is 0 Å². The molecule has 122 valence electrons. The maximum atomic E-state index is 12.2. The molecule has 3 aromatic rings. The topological polar surface area (TPSA) is 66.9 Å². The van der Waals surface area contributed by atoms with Crippen LogP contribution in [0.25, 0.3) is 10.9 Å². The van der Waals surface area contributed by atoms with E-state index in [0.717, 1.165) is 26.5 Å². The number of aromatic hydroxyl groups is 1. The predicted molar refractivity (Wildman–Crippen MR) is 97.0 cm³/mol. The molecular formula is C18H16BrN3O2. The number of carbonyl (C=O) groups excluding carboxylic acids is 1. The Morgan fingerprint density at radius 3 is 2.46 bits per heavy atom. The Morgan fingerprint density at radius 2 is 1.79 bits per heavy atom. The highest BCUT2D eigenvalue weighted by Gasteiger charge is 2.17. The number of benzene rings is 2. The average Bonchev–Trinajstić information content (AvgIpc) is 2.77. The van der Waals surface area contributed by atoms with Gasteiger partial charge in [0, 0.05) is 22.5 Å². The monoisotopic (exact) mass is 385 g/mol. The van der Waals surface area contributed by atoms with Gasteiger partial charge in [-0.15, -0.1) is 10.2 Å². The van der Waals surface area contributed by atoms with E-state index in [1.54, 1.807) is 23.7 Å². The molecule has 0 aliphatic rings. The SMILES string of the molecule is Cc1ccc(C(=O)N=Nc2c(O)n(C)c3c(Br)cc(C)cc23)cc1. The molecule has 1 N–H and O–H groups in total. The van der Waals surface area contributed by atoms with E-state index in [1.165, 1.54) is 0 Å². The van der Waals surface area contributed by atoms with Crippen molar-refractivity contribution in [1.82, 2.24) is 4.57 Å². The average molecular weight is 386 g/mol. The number of azo groups is 1. The fourth-order valence-corrected chi connectivity index (χ4v) is 3.43. The molecule has 0 saturated heterocycles. The van der Waals surface area contributed by atoms with E-state index < -0.39 is 5.91 Å². The molecule has 0 radical (unpaired) electrons. The highest BCUT2D eigenvalue weighted by molar-refractivity contribution is 9.10. The maximum Gasteiger partial charge on any atom is 0.295 e. The first kappa shape index (κ1) is 16.4. The van der Waals surface area contributed by atoms with Gasteiger partial charge >= 0.3 is 0 Å². The third-order valence-corrected chi connectivity index (χ3v) is 4.47. The molecule has 0 spiro atoms. The lowest BCUT2D eigenvalue weighted by atomic mass is 10.1. The van der Waals surface area contributed by atoms with Gasteiger partial charge in [-0.1, -0.05) is 17.7 Å². The maximum absolute atomic E-state index is 12.2. The zero-order chi connectivity index (χ0) is 17.4. The van der Waals surface area contributed by atoms with Crippen LogP contribution in [-0.2, 0) is 7.05 Å². The fourth-order valence-electron chi connectivity index (χ4n) is 2.59. The minimum atomic E-state index is -0.446. The fraction of sp³-hybridized carbons (Fsp3) is 0.167. The molecule has 0 fully saturated rings. The third-order valence-electron chi connectivity index (χ3n) is 3.87. The van der Waals surface area contributed by atoms with Crippen LogP contribution >= 0.6 is 15.9 Å². The van der Waals surface area contributed by atoms with E-state index in [0.29, 0.717) is 5.56 Å². The van der Waals surface area contributed by atoms with Crippen LogP contribution < -0.4 is 0 Å². The Hall–Kier alpha value is -2.47. The van der Waals surface area contributed by atoms with Crippen molar-refractivity contribution < 1.29 is 9.90 Å². The lowest BCUT2D eigenvalue weighted by Crippen LogP contribution is -1.93. The first-order valence-electron chi connectivity index (χ1n) is 7.38. The molecule has 0 atom stereocenters. The zero-order valence-corrected chi connectivity index (χ0v) is 15.1. The second-order valence-corrected chi connectivity index (χ2v) is 6.60. The standard InChI is InChI=1S/C18H16BrN3O2/c1-10-4-6-12(7-5-10)17(23)21-20-15-13-8-11(2)9-14(19)16(13)22(3)18(15)24/h4-9,24H,1-3H3. The van der Waals surface area contributed by atoms with Crippen molar-refractivity contribution in [3.8, 4) is 5.88 Å². The van der Waals surface area contributed by atoms with Crippen molar-refractivity contribution in [2.24, 2.45) is 17.3 Å². The number of rotatable bonds is 2. The van der Waals surface area contributed by atoms with Crippen LogP contribution in [-0.4, -0.2) is 15.6 Å². The van der Waals surface area contributed by atoms with E-state index in [1.807, 2.05) is 38.1 Å².